The molecular formula is C28H30N2O5. The van der Waals surface area contributed by atoms with Crippen LogP contribution in [0.1, 0.15) is 43.2 Å². The first-order valence-corrected chi connectivity index (χ1v) is 12.2. The van der Waals surface area contributed by atoms with Gasteiger partial charge < -0.3 is 20.5 Å². The number of ether oxygens (including phenoxy) is 1. The zero-order valence-corrected chi connectivity index (χ0v) is 19.7. The van der Waals surface area contributed by atoms with Gasteiger partial charge in [0.1, 0.15) is 6.61 Å². The molecule has 3 aliphatic rings. The standard InChI is InChI=1S/C28H30N2O5/c1-16(26(31)30-25-18-11-10-17(14-18)24(25)27(32)33)12-13-29-28(34)35-15-23-21-8-4-2-6-19(21)20-7-3-5-9-22(20)23/h2-9,12,17-18,23-25H,10-11,13-15H2,1H3,(H,29,34)(H,30,31)(H,32,33)/b16-12+. The van der Waals surface area contributed by atoms with E-state index >= 15 is 0 Å². The topological polar surface area (TPSA) is 105 Å². The number of nitrogens with one attached hydrogen (secondary N) is 2. The first-order chi connectivity index (χ1) is 16.9. The third-order valence-corrected chi connectivity index (χ3v) is 7.86. The molecule has 0 aliphatic heterocycles. The number of alkyl carbamates (subject to hydrolysis) is 1. The third kappa shape index (κ3) is 4.43. The fourth-order valence-electron chi connectivity index (χ4n) is 6.15. The average molecular weight is 475 g/mol. The fourth-order valence-corrected chi connectivity index (χ4v) is 6.15. The number of hydrogen-bond donors (Lipinski definition) is 3. The summed E-state index contributed by atoms with van der Waals surface area (Å²) in [6.07, 6.45) is 3.84. The van der Waals surface area contributed by atoms with Crippen LogP contribution in [-0.4, -0.2) is 42.3 Å². The van der Waals surface area contributed by atoms with Gasteiger partial charge in [-0.05, 0) is 60.3 Å². The van der Waals surface area contributed by atoms with Gasteiger partial charge in [0.2, 0.25) is 5.91 Å². The molecule has 182 valence electrons. The van der Waals surface area contributed by atoms with E-state index in [1.165, 1.54) is 11.1 Å². The molecule has 2 amide bonds. The monoisotopic (exact) mass is 474 g/mol. The zero-order valence-electron chi connectivity index (χ0n) is 19.7. The van der Waals surface area contributed by atoms with Crippen molar-refractivity contribution >= 4 is 18.0 Å². The van der Waals surface area contributed by atoms with E-state index in [1.807, 2.05) is 24.3 Å². The molecule has 7 heteroatoms. The number of carbonyl (C=O) groups excluding carboxylic acids is 2. The zero-order chi connectivity index (χ0) is 24.5. The average Bonchev–Trinajstić information content (AvgIpc) is 3.54. The minimum Gasteiger partial charge on any atom is -0.481 e. The van der Waals surface area contributed by atoms with Gasteiger partial charge in [0, 0.05) is 24.1 Å². The Bertz CT molecular complexity index is 1140. The van der Waals surface area contributed by atoms with Crippen LogP contribution in [0.3, 0.4) is 0 Å². The molecule has 3 N–H and O–H groups in total. The lowest BCUT2D eigenvalue weighted by Gasteiger charge is -2.29. The molecule has 4 unspecified atom stereocenters. The molecule has 2 saturated carbocycles. The third-order valence-electron chi connectivity index (χ3n) is 7.86. The van der Waals surface area contributed by atoms with Crippen molar-refractivity contribution in [2.24, 2.45) is 17.8 Å². The van der Waals surface area contributed by atoms with Gasteiger partial charge in [0.05, 0.1) is 5.92 Å². The summed E-state index contributed by atoms with van der Waals surface area (Å²) in [6.45, 7) is 2.04. The van der Waals surface area contributed by atoms with E-state index in [1.54, 1.807) is 13.0 Å². The number of amides is 2. The number of aliphatic carboxylic acids is 1. The van der Waals surface area contributed by atoms with Gasteiger partial charge in [0.25, 0.3) is 0 Å². The summed E-state index contributed by atoms with van der Waals surface area (Å²) in [7, 11) is 0. The molecule has 2 bridgehead atoms. The molecule has 35 heavy (non-hydrogen) atoms. The molecule has 5 rings (SSSR count). The number of carboxylic acids is 1. The number of carbonyl (C=O) groups is 3. The van der Waals surface area contributed by atoms with Crippen molar-refractivity contribution in [3.05, 3.63) is 71.3 Å². The molecule has 3 aliphatic carbocycles. The summed E-state index contributed by atoms with van der Waals surface area (Å²) in [6, 6.07) is 16.0. The molecular weight excluding hydrogens is 444 g/mol. The molecule has 0 radical (unpaired) electrons. The van der Waals surface area contributed by atoms with Crippen molar-refractivity contribution < 1.29 is 24.2 Å². The Morgan fingerprint density at radius 3 is 2.29 bits per heavy atom. The highest BCUT2D eigenvalue weighted by molar-refractivity contribution is 5.93. The predicted molar refractivity (Wildman–Crippen MR) is 131 cm³/mol. The number of fused-ring (bicyclic) bond motifs is 5. The maximum Gasteiger partial charge on any atom is 0.407 e. The largest absolute Gasteiger partial charge is 0.481 e. The van der Waals surface area contributed by atoms with Gasteiger partial charge in [-0.15, -0.1) is 0 Å². The molecule has 2 fully saturated rings. The van der Waals surface area contributed by atoms with Crippen LogP contribution in [0, 0.1) is 17.8 Å². The molecule has 0 saturated heterocycles. The molecule has 2 aromatic carbocycles. The van der Waals surface area contributed by atoms with Gasteiger partial charge in [-0.25, -0.2) is 4.79 Å². The van der Waals surface area contributed by atoms with Gasteiger partial charge in [-0.2, -0.15) is 0 Å². The van der Waals surface area contributed by atoms with E-state index in [-0.39, 0.29) is 42.9 Å². The number of rotatable bonds is 7. The van der Waals surface area contributed by atoms with Gasteiger partial charge in [0.15, 0.2) is 0 Å². The van der Waals surface area contributed by atoms with Crippen molar-refractivity contribution in [3.8, 4) is 11.1 Å². The predicted octanol–water partition coefficient (Wildman–Crippen LogP) is 4.09. The highest BCUT2D eigenvalue weighted by atomic mass is 16.5. The summed E-state index contributed by atoms with van der Waals surface area (Å²) < 4.78 is 5.52. The van der Waals surface area contributed by atoms with Gasteiger partial charge in [-0.3, -0.25) is 9.59 Å². The molecule has 0 spiro atoms. The molecule has 0 aromatic heterocycles. The van der Waals surface area contributed by atoms with Crippen LogP contribution in [-0.2, 0) is 14.3 Å². The van der Waals surface area contributed by atoms with Crippen LogP contribution in [0.5, 0.6) is 0 Å². The quantitative estimate of drug-likeness (QED) is 0.525. The molecule has 0 heterocycles. The van der Waals surface area contributed by atoms with E-state index < -0.39 is 18.0 Å². The normalized spacial score (nSPS) is 24.5. The van der Waals surface area contributed by atoms with Crippen LogP contribution in [0.15, 0.2) is 60.2 Å². The number of hydrogen-bond acceptors (Lipinski definition) is 4. The second-order valence-corrected chi connectivity index (χ2v) is 9.79. The van der Waals surface area contributed by atoms with E-state index in [2.05, 4.69) is 34.9 Å². The molecule has 2 aromatic rings. The van der Waals surface area contributed by atoms with Crippen molar-refractivity contribution in [2.45, 2.75) is 38.1 Å². The lowest BCUT2D eigenvalue weighted by molar-refractivity contribution is -0.144. The maximum atomic E-state index is 12.6. The Morgan fingerprint density at radius 1 is 1.00 bits per heavy atom. The highest BCUT2D eigenvalue weighted by Crippen LogP contribution is 2.48. The molecule has 7 nitrogen and oxygen atoms in total. The first-order valence-electron chi connectivity index (χ1n) is 12.2. The summed E-state index contributed by atoms with van der Waals surface area (Å²) in [5.41, 5.74) is 5.07. The maximum absolute atomic E-state index is 12.6. The summed E-state index contributed by atoms with van der Waals surface area (Å²) in [5, 5.41) is 15.2. The number of carboxylic acid groups (broad SMARTS) is 1. The Labute approximate surface area is 204 Å². The Morgan fingerprint density at radius 2 is 1.63 bits per heavy atom. The van der Waals surface area contributed by atoms with E-state index in [0.29, 0.717) is 5.57 Å². The minimum atomic E-state index is -0.832. The van der Waals surface area contributed by atoms with Crippen LogP contribution in [0.4, 0.5) is 4.79 Å². The minimum absolute atomic E-state index is 0.0138. The summed E-state index contributed by atoms with van der Waals surface area (Å²) in [4.78, 5) is 36.6. The lowest BCUT2D eigenvalue weighted by atomic mass is 9.84. The lowest BCUT2D eigenvalue weighted by Crippen LogP contribution is -2.47. The van der Waals surface area contributed by atoms with Crippen molar-refractivity contribution in [1.29, 1.82) is 0 Å². The van der Waals surface area contributed by atoms with Crippen LogP contribution >= 0.6 is 0 Å². The Hall–Kier alpha value is -3.61. The Kier molecular flexibility index (Phi) is 6.32. The van der Waals surface area contributed by atoms with Crippen molar-refractivity contribution in [2.75, 3.05) is 13.2 Å². The molecule has 4 atom stereocenters. The second-order valence-electron chi connectivity index (χ2n) is 9.79. The summed E-state index contributed by atoms with van der Waals surface area (Å²) >= 11 is 0. The van der Waals surface area contributed by atoms with Gasteiger partial charge in [-0.1, -0.05) is 54.6 Å². The van der Waals surface area contributed by atoms with Crippen molar-refractivity contribution in [1.82, 2.24) is 10.6 Å². The van der Waals surface area contributed by atoms with Crippen LogP contribution < -0.4 is 10.6 Å². The van der Waals surface area contributed by atoms with E-state index in [9.17, 15) is 19.5 Å². The fraction of sp³-hybridized carbons (Fsp3) is 0.393. The first kappa shape index (κ1) is 23.1. The SMILES string of the molecule is C/C(=C\CNC(=O)OCC1c2ccccc2-c2ccccc21)C(=O)NC1C2CCC(C2)C1C(=O)O. The summed E-state index contributed by atoms with van der Waals surface area (Å²) in [5.74, 6) is -1.26. The van der Waals surface area contributed by atoms with Crippen molar-refractivity contribution in [3.63, 3.8) is 0 Å². The van der Waals surface area contributed by atoms with Crippen LogP contribution in [0.25, 0.3) is 11.1 Å². The van der Waals surface area contributed by atoms with E-state index in [0.717, 1.165) is 30.4 Å². The second kappa shape index (κ2) is 9.56. The number of benzene rings is 2. The van der Waals surface area contributed by atoms with Gasteiger partial charge >= 0.3 is 12.1 Å². The van der Waals surface area contributed by atoms with E-state index in [4.69, 9.17) is 4.74 Å². The smallest absolute Gasteiger partial charge is 0.407 e. The highest BCUT2D eigenvalue weighted by Gasteiger charge is 2.51. The Balaban J connectivity index is 1.13. The van der Waals surface area contributed by atoms with Crippen LogP contribution in [0.2, 0.25) is 0 Å².